The van der Waals surface area contributed by atoms with Crippen LogP contribution in [0.5, 0.6) is 5.88 Å². The standard InChI is InChI=1S/C18H19N3O5/c1-12(22)14-2-3-16(17(9-14)21(23)24)20-10-13-4-6-19-18(8-13)26-15-5-7-25-11-15/h2-4,6,8-9,15,20H,5,7,10-11H2,1H3. The Balaban J connectivity index is 1.70. The number of nitrogens with zero attached hydrogens (tertiary/aromatic N) is 2. The largest absolute Gasteiger partial charge is 0.472 e. The Bertz CT molecular complexity index is 818. The maximum atomic E-state index is 11.4. The van der Waals surface area contributed by atoms with Gasteiger partial charge >= 0.3 is 0 Å². The van der Waals surface area contributed by atoms with E-state index in [1.54, 1.807) is 30.5 Å². The highest BCUT2D eigenvalue weighted by Gasteiger charge is 2.18. The molecule has 8 heteroatoms. The van der Waals surface area contributed by atoms with E-state index in [1.807, 2.05) is 0 Å². The van der Waals surface area contributed by atoms with Crippen LogP contribution >= 0.6 is 0 Å². The molecule has 26 heavy (non-hydrogen) atoms. The van der Waals surface area contributed by atoms with Crippen LogP contribution in [-0.4, -0.2) is 35.0 Å². The van der Waals surface area contributed by atoms with Crippen LogP contribution < -0.4 is 10.1 Å². The van der Waals surface area contributed by atoms with E-state index in [0.29, 0.717) is 36.9 Å². The van der Waals surface area contributed by atoms with Crippen LogP contribution in [0.2, 0.25) is 0 Å². The quantitative estimate of drug-likeness (QED) is 0.461. The van der Waals surface area contributed by atoms with Gasteiger partial charge in [0.1, 0.15) is 11.8 Å². The van der Waals surface area contributed by atoms with E-state index in [2.05, 4.69) is 10.3 Å². The van der Waals surface area contributed by atoms with Crippen molar-refractivity contribution in [3.05, 3.63) is 57.8 Å². The van der Waals surface area contributed by atoms with E-state index in [4.69, 9.17) is 9.47 Å². The van der Waals surface area contributed by atoms with E-state index in [0.717, 1.165) is 12.0 Å². The fraction of sp³-hybridized carbons (Fsp3) is 0.333. The minimum Gasteiger partial charge on any atom is -0.472 e. The number of pyridine rings is 1. The van der Waals surface area contributed by atoms with Crippen molar-refractivity contribution >= 4 is 17.2 Å². The second kappa shape index (κ2) is 7.92. The van der Waals surface area contributed by atoms with Gasteiger partial charge in [-0.3, -0.25) is 14.9 Å². The minimum atomic E-state index is -0.504. The molecule has 1 unspecified atom stereocenters. The second-order valence-electron chi connectivity index (χ2n) is 6.00. The highest BCUT2D eigenvalue weighted by atomic mass is 16.6. The lowest BCUT2D eigenvalue weighted by Gasteiger charge is -2.12. The van der Waals surface area contributed by atoms with E-state index in [1.165, 1.54) is 13.0 Å². The third-order valence-corrected chi connectivity index (χ3v) is 4.06. The fourth-order valence-electron chi connectivity index (χ4n) is 2.65. The highest BCUT2D eigenvalue weighted by molar-refractivity contribution is 5.95. The summed E-state index contributed by atoms with van der Waals surface area (Å²) >= 11 is 0. The number of nitro benzene ring substituents is 1. The number of hydrogen-bond donors (Lipinski definition) is 1. The van der Waals surface area contributed by atoms with Crippen molar-refractivity contribution in [3.63, 3.8) is 0 Å². The van der Waals surface area contributed by atoms with Gasteiger partial charge in [0.2, 0.25) is 5.88 Å². The zero-order chi connectivity index (χ0) is 18.5. The van der Waals surface area contributed by atoms with Crippen molar-refractivity contribution in [2.24, 2.45) is 0 Å². The van der Waals surface area contributed by atoms with Gasteiger partial charge in [-0.05, 0) is 30.7 Å². The Morgan fingerprint density at radius 3 is 2.96 bits per heavy atom. The van der Waals surface area contributed by atoms with E-state index in [-0.39, 0.29) is 17.6 Å². The molecular formula is C18H19N3O5. The number of benzene rings is 1. The van der Waals surface area contributed by atoms with Crippen LogP contribution in [0.1, 0.15) is 29.3 Å². The molecule has 2 aromatic rings. The van der Waals surface area contributed by atoms with Gasteiger partial charge in [-0.25, -0.2) is 4.98 Å². The molecule has 0 saturated carbocycles. The van der Waals surface area contributed by atoms with Crippen molar-refractivity contribution in [3.8, 4) is 5.88 Å². The summed E-state index contributed by atoms with van der Waals surface area (Å²) in [6, 6.07) is 8.00. The molecule has 1 aromatic carbocycles. The summed E-state index contributed by atoms with van der Waals surface area (Å²) in [5, 5.41) is 14.3. The molecule has 1 atom stereocenters. The first kappa shape index (κ1) is 17.8. The maximum absolute atomic E-state index is 11.4. The number of carbonyl (C=O) groups is 1. The van der Waals surface area contributed by atoms with Gasteiger partial charge in [-0.2, -0.15) is 0 Å². The van der Waals surface area contributed by atoms with Crippen LogP contribution in [0.25, 0.3) is 0 Å². The summed E-state index contributed by atoms with van der Waals surface area (Å²) in [4.78, 5) is 26.4. The molecule has 8 nitrogen and oxygen atoms in total. The smallest absolute Gasteiger partial charge is 0.293 e. The molecule has 1 saturated heterocycles. The van der Waals surface area contributed by atoms with Gasteiger partial charge in [0.25, 0.3) is 5.69 Å². The van der Waals surface area contributed by atoms with E-state index in [9.17, 15) is 14.9 Å². The van der Waals surface area contributed by atoms with Crippen molar-refractivity contribution in [1.82, 2.24) is 4.98 Å². The van der Waals surface area contributed by atoms with E-state index < -0.39 is 4.92 Å². The average molecular weight is 357 g/mol. The predicted molar refractivity (Wildman–Crippen MR) is 94.5 cm³/mol. The number of ether oxygens (including phenoxy) is 2. The summed E-state index contributed by atoms with van der Waals surface area (Å²) < 4.78 is 11.0. The number of nitrogens with one attached hydrogen (secondary N) is 1. The summed E-state index contributed by atoms with van der Waals surface area (Å²) in [7, 11) is 0. The number of rotatable bonds is 7. The number of Topliss-reactive ketones (excluding diaryl/α,β-unsaturated/α-hetero) is 1. The van der Waals surface area contributed by atoms with Crippen LogP contribution in [0.3, 0.4) is 0 Å². The number of carbonyl (C=O) groups excluding carboxylic acids is 1. The lowest BCUT2D eigenvalue weighted by molar-refractivity contribution is -0.384. The molecule has 0 bridgehead atoms. The zero-order valence-electron chi connectivity index (χ0n) is 14.3. The Kier molecular flexibility index (Phi) is 5.43. The lowest BCUT2D eigenvalue weighted by atomic mass is 10.1. The number of aromatic nitrogens is 1. The Morgan fingerprint density at radius 1 is 1.42 bits per heavy atom. The Morgan fingerprint density at radius 2 is 2.27 bits per heavy atom. The monoisotopic (exact) mass is 357 g/mol. The first-order valence-corrected chi connectivity index (χ1v) is 8.25. The third kappa shape index (κ3) is 4.34. The van der Waals surface area contributed by atoms with Gasteiger partial charge in [0.05, 0.1) is 18.1 Å². The van der Waals surface area contributed by atoms with Crippen molar-refractivity contribution in [2.75, 3.05) is 18.5 Å². The highest BCUT2D eigenvalue weighted by Crippen LogP contribution is 2.26. The van der Waals surface area contributed by atoms with Gasteiger partial charge in [0.15, 0.2) is 5.78 Å². The van der Waals surface area contributed by atoms with Crippen molar-refractivity contribution in [2.45, 2.75) is 26.0 Å². The second-order valence-corrected chi connectivity index (χ2v) is 6.00. The van der Waals surface area contributed by atoms with Gasteiger partial charge in [0, 0.05) is 36.9 Å². The first-order valence-electron chi connectivity index (χ1n) is 8.25. The summed E-state index contributed by atoms with van der Waals surface area (Å²) in [6.07, 6.45) is 2.47. The minimum absolute atomic E-state index is 0.00548. The molecule has 0 spiro atoms. The number of nitro groups is 1. The third-order valence-electron chi connectivity index (χ3n) is 4.06. The number of ketones is 1. The molecule has 1 aliphatic heterocycles. The zero-order valence-corrected chi connectivity index (χ0v) is 14.3. The molecule has 2 heterocycles. The molecule has 1 fully saturated rings. The van der Waals surface area contributed by atoms with Gasteiger partial charge < -0.3 is 14.8 Å². The first-order chi connectivity index (χ1) is 12.5. The summed E-state index contributed by atoms with van der Waals surface area (Å²) in [5.74, 6) is 0.285. The van der Waals surface area contributed by atoms with Crippen molar-refractivity contribution in [1.29, 1.82) is 0 Å². The molecule has 1 N–H and O–H groups in total. The van der Waals surface area contributed by atoms with Gasteiger partial charge in [-0.15, -0.1) is 0 Å². The molecule has 136 valence electrons. The summed E-state index contributed by atoms with van der Waals surface area (Å²) in [5.41, 5.74) is 1.40. The van der Waals surface area contributed by atoms with Crippen LogP contribution in [0.15, 0.2) is 36.5 Å². The van der Waals surface area contributed by atoms with Crippen LogP contribution in [0, 0.1) is 10.1 Å². The van der Waals surface area contributed by atoms with E-state index >= 15 is 0 Å². The average Bonchev–Trinajstić information content (AvgIpc) is 3.13. The molecular weight excluding hydrogens is 338 g/mol. The molecule has 1 aromatic heterocycles. The van der Waals surface area contributed by atoms with Crippen molar-refractivity contribution < 1.29 is 19.2 Å². The fourth-order valence-corrected chi connectivity index (χ4v) is 2.65. The predicted octanol–water partition coefficient (Wildman–Crippen LogP) is 2.97. The van der Waals surface area contributed by atoms with Gasteiger partial charge in [-0.1, -0.05) is 0 Å². The number of hydrogen-bond acceptors (Lipinski definition) is 7. The SMILES string of the molecule is CC(=O)c1ccc(NCc2ccnc(OC3CCOC3)c2)c([N+](=O)[O-])c1. The Labute approximate surface area is 150 Å². The molecule has 0 radical (unpaired) electrons. The maximum Gasteiger partial charge on any atom is 0.293 e. The molecule has 0 amide bonds. The lowest BCUT2D eigenvalue weighted by Crippen LogP contribution is -2.16. The topological polar surface area (TPSA) is 104 Å². The summed E-state index contributed by atoms with van der Waals surface area (Å²) in [6.45, 7) is 2.98. The van der Waals surface area contributed by atoms with Crippen LogP contribution in [0.4, 0.5) is 11.4 Å². The normalized spacial score (nSPS) is 16.3. The van der Waals surface area contributed by atoms with Crippen LogP contribution in [-0.2, 0) is 11.3 Å². The number of anilines is 1. The molecule has 0 aliphatic carbocycles. The molecule has 3 rings (SSSR count). The molecule has 1 aliphatic rings. The Hall–Kier alpha value is -3.00.